The summed E-state index contributed by atoms with van der Waals surface area (Å²) in [5, 5.41) is 11.3. The lowest BCUT2D eigenvalue weighted by molar-refractivity contribution is -0.385. The van der Waals surface area contributed by atoms with Crippen LogP contribution in [0.5, 0.6) is 0 Å². The van der Waals surface area contributed by atoms with Gasteiger partial charge in [0, 0.05) is 48.9 Å². The molecule has 1 aliphatic carbocycles. The Hall–Kier alpha value is -2.73. The normalized spacial score (nSPS) is 20.2. The molecule has 6 heteroatoms. The van der Waals surface area contributed by atoms with Gasteiger partial charge in [-0.1, -0.05) is 36.4 Å². The van der Waals surface area contributed by atoms with Crippen molar-refractivity contribution in [3.05, 3.63) is 75.3 Å². The van der Waals surface area contributed by atoms with E-state index in [0.717, 1.165) is 19.5 Å². The van der Waals surface area contributed by atoms with E-state index in [1.54, 1.807) is 19.1 Å². The van der Waals surface area contributed by atoms with Gasteiger partial charge in [-0.3, -0.25) is 19.8 Å². The first-order valence-corrected chi connectivity index (χ1v) is 9.87. The molecule has 0 radical (unpaired) electrons. The summed E-state index contributed by atoms with van der Waals surface area (Å²) in [7, 11) is 0. The SMILES string of the molecule is Cc1c(C(=O)N2CCN(C3CC3)CC2Cc2ccccc2)cccc1[N+](=O)[O-]. The van der Waals surface area contributed by atoms with E-state index in [1.165, 1.54) is 24.5 Å². The van der Waals surface area contributed by atoms with Crippen LogP contribution >= 0.6 is 0 Å². The van der Waals surface area contributed by atoms with Gasteiger partial charge >= 0.3 is 0 Å². The molecule has 2 aliphatic rings. The maximum atomic E-state index is 13.4. The summed E-state index contributed by atoms with van der Waals surface area (Å²) in [6.07, 6.45) is 3.29. The molecular formula is C22H25N3O3. The van der Waals surface area contributed by atoms with Crippen LogP contribution in [0, 0.1) is 17.0 Å². The molecule has 0 aromatic heterocycles. The second-order valence-corrected chi connectivity index (χ2v) is 7.78. The summed E-state index contributed by atoms with van der Waals surface area (Å²) in [6.45, 7) is 4.06. The minimum Gasteiger partial charge on any atom is -0.333 e. The third kappa shape index (κ3) is 3.78. The Kier molecular flexibility index (Phi) is 5.13. The van der Waals surface area contributed by atoms with E-state index in [-0.39, 0.29) is 17.6 Å². The van der Waals surface area contributed by atoms with Gasteiger partial charge < -0.3 is 4.90 Å². The summed E-state index contributed by atoms with van der Waals surface area (Å²) in [4.78, 5) is 28.7. The quantitative estimate of drug-likeness (QED) is 0.590. The van der Waals surface area contributed by atoms with Crippen LogP contribution in [0.4, 0.5) is 5.69 Å². The van der Waals surface area contributed by atoms with Crippen molar-refractivity contribution in [2.45, 2.75) is 38.3 Å². The topological polar surface area (TPSA) is 66.7 Å². The average molecular weight is 379 g/mol. The third-order valence-corrected chi connectivity index (χ3v) is 5.88. The number of hydrogen-bond donors (Lipinski definition) is 0. The standard InChI is InChI=1S/C22H25N3O3/c1-16-20(8-5-9-21(16)25(27)28)22(26)24-13-12-23(18-10-11-18)15-19(24)14-17-6-3-2-4-7-17/h2-9,18-19H,10-15H2,1H3. The van der Waals surface area contributed by atoms with Gasteiger partial charge in [-0.05, 0) is 37.8 Å². The van der Waals surface area contributed by atoms with E-state index < -0.39 is 4.92 Å². The highest BCUT2D eigenvalue weighted by atomic mass is 16.6. The second-order valence-electron chi connectivity index (χ2n) is 7.78. The Balaban J connectivity index is 1.61. The lowest BCUT2D eigenvalue weighted by Crippen LogP contribution is -2.56. The minimum absolute atomic E-state index is 0.00192. The van der Waals surface area contributed by atoms with Gasteiger partial charge in [-0.25, -0.2) is 0 Å². The molecule has 1 heterocycles. The van der Waals surface area contributed by atoms with Crippen molar-refractivity contribution in [1.82, 2.24) is 9.80 Å². The number of nitro benzene ring substituents is 1. The molecule has 146 valence electrons. The highest BCUT2D eigenvalue weighted by Crippen LogP contribution is 2.31. The summed E-state index contributed by atoms with van der Waals surface area (Å²) < 4.78 is 0. The Morgan fingerprint density at radius 3 is 2.54 bits per heavy atom. The van der Waals surface area contributed by atoms with Gasteiger partial charge in [0.15, 0.2) is 0 Å². The van der Waals surface area contributed by atoms with Crippen LogP contribution in [0.3, 0.4) is 0 Å². The number of carbonyl (C=O) groups excluding carboxylic acids is 1. The Morgan fingerprint density at radius 2 is 1.86 bits per heavy atom. The molecule has 1 aliphatic heterocycles. The van der Waals surface area contributed by atoms with Crippen molar-refractivity contribution < 1.29 is 9.72 Å². The van der Waals surface area contributed by atoms with Crippen molar-refractivity contribution in [2.75, 3.05) is 19.6 Å². The van der Waals surface area contributed by atoms with Crippen molar-refractivity contribution in [3.63, 3.8) is 0 Å². The van der Waals surface area contributed by atoms with Crippen LogP contribution in [-0.4, -0.2) is 52.3 Å². The average Bonchev–Trinajstić information content (AvgIpc) is 3.53. The predicted octanol–water partition coefficient (Wildman–Crippen LogP) is 3.43. The van der Waals surface area contributed by atoms with Crippen LogP contribution < -0.4 is 0 Å². The van der Waals surface area contributed by atoms with Gasteiger partial charge in [0.25, 0.3) is 11.6 Å². The van der Waals surface area contributed by atoms with Crippen molar-refractivity contribution in [2.24, 2.45) is 0 Å². The van der Waals surface area contributed by atoms with E-state index in [0.29, 0.717) is 23.7 Å². The first kappa shape index (κ1) is 18.6. The maximum absolute atomic E-state index is 13.4. The van der Waals surface area contributed by atoms with E-state index in [4.69, 9.17) is 0 Å². The summed E-state index contributed by atoms with van der Waals surface area (Å²) in [5.74, 6) is -0.0995. The van der Waals surface area contributed by atoms with E-state index >= 15 is 0 Å². The zero-order valence-corrected chi connectivity index (χ0v) is 16.1. The fourth-order valence-electron chi connectivity index (χ4n) is 4.19. The third-order valence-electron chi connectivity index (χ3n) is 5.88. The number of piperazine rings is 1. The molecule has 1 saturated carbocycles. The summed E-state index contributed by atoms with van der Waals surface area (Å²) in [5.41, 5.74) is 2.09. The predicted molar refractivity (Wildman–Crippen MR) is 107 cm³/mol. The molecule has 1 amide bonds. The van der Waals surface area contributed by atoms with Crippen molar-refractivity contribution in [3.8, 4) is 0 Å². The summed E-state index contributed by atoms with van der Waals surface area (Å²) >= 11 is 0. The van der Waals surface area contributed by atoms with E-state index in [1.807, 2.05) is 23.1 Å². The number of nitro groups is 1. The summed E-state index contributed by atoms with van der Waals surface area (Å²) in [6, 6.07) is 15.7. The smallest absolute Gasteiger partial charge is 0.273 e. The highest BCUT2D eigenvalue weighted by Gasteiger charge is 2.38. The largest absolute Gasteiger partial charge is 0.333 e. The molecule has 0 N–H and O–H groups in total. The minimum atomic E-state index is -0.418. The zero-order chi connectivity index (χ0) is 19.7. The molecule has 2 aromatic rings. The van der Waals surface area contributed by atoms with Crippen LogP contribution in [0.1, 0.15) is 34.3 Å². The lowest BCUT2D eigenvalue weighted by atomic mass is 9.99. The Bertz CT molecular complexity index is 880. The molecular weight excluding hydrogens is 354 g/mol. The van der Waals surface area contributed by atoms with Gasteiger partial charge in [0.05, 0.1) is 4.92 Å². The molecule has 1 atom stereocenters. The van der Waals surface area contributed by atoms with Crippen molar-refractivity contribution >= 4 is 11.6 Å². The molecule has 28 heavy (non-hydrogen) atoms. The number of hydrogen-bond acceptors (Lipinski definition) is 4. The first-order chi connectivity index (χ1) is 13.5. The number of nitrogens with zero attached hydrogens (tertiary/aromatic N) is 3. The second kappa shape index (κ2) is 7.72. The lowest BCUT2D eigenvalue weighted by Gasteiger charge is -2.42. The molecule has 1 unspecified atom stereocenters. The van der Waals surface area contributed by atoms with Gasteiger partial charge in [-0.2, -0.15) is 0 Å². The first-order valence-electron chi connectivity index (χ1n) is 9.87. The van der Waals surface area contributed by atoms with E-state index in [2.05, 4.69) is 17.0 Å². The fraction of sp³-hybridized carbons (Fsp3) is 0.409. The molecule has 1 saturated heterocycles. The molecule has 2 aromatic carbocycles. The number of benzene rings is 2. The number of amides is 1. The number of rotatable bonds is 5. The molecule has 4 rings (SSSR count). The molecule has 2 fully saturated rings. The van der Waals surface area contributed by atoms with Crippen LogP contribution in [0.2, 0.25) is 0 Å². The van der Waals surface area contributed by atoms with Crippen LogP contribution in [-0.2, 0) is 6.42 Å². The van der Waals surface area contributed by atoms with Gasteiger partial charge in [-0.15, -0.1) is 0 Å². The van der Waals surface area contributed by atoms with Gasteiger partial charge in [0.2, 0.25) is 0 Å². The van der Waals surface area contributed by atoms with Crippen LogP contribution in [0.15, 0.2) is 48.5 Å². The molecule has 6 nitrogen and oxygen atoms in total. The van der Waals surface area contributed by atoms with Crippen LogP contribution in [0.25, 0.3) is 0 Å². The molecule has 0 spiro atoms. The maximum Gasteiger partial charge on any atom is 0.273 e. The molecule has 0 bridgehead atoms. The van der Waals surface area contributed by atoms with Gasteiger partial charge in [0.1, 0.15) is 0 Å². The van der Waals surface area contributed by atoms with Crippen molar-refractivity contribution in [1.29, 1.82) is 0 Å². The number of carbonyl (C=O) groups is 1. The Labute approximate surface area is 164 Å². The fourth-order valence-corrected chi connectivity index (χ4v) is 4.19. The highest BCUT2D eigenvalue weighted by molar-refractivity contribution is 5.97. The monoisotopic (exact) mass is 379 g/mol. The van der Waals surface area contributed by atoms with E-state index in [9.17, 15) is 14.9 Å². The zero-order valence-electron chi connectivity index (χ0n) is 16.1. The Morgan fingerprint density at radius 1 is 1.11 bits per heavy atom.